The molecule has 82 valence electrons. The molecule has 0 unspecified atom stereocenters. The lowest BCUT2D eigenvalue weighted by molar-refractivity contribution is 0.0996. The molecule has 0 saturated heterocycles. The zero-order valence-electron chi connectivity index (χ0n) is 9.04. The van der Waals surface area contributed by atoms with Crippen molar-refractivity contribution in [2.75, 3.05) is 12.3 Å². The second-order valence-corrected chi connectivity index (χ2v) is 3.42. The number of carbonyl (C=O) groups is 1. The predicted octanol–water partition coefficient (Wildman–Crippen LogP) is 1.46. The third-order valence-electron chi connectivity index (χ3n) is 2.10. The number of aryl methyl sites for hydroxylation is 1. The maximum Gasteiger partial charge on any atom is 0.252 e. The van der Waals surface area contributed by atoms with Crippen molar-refractivity contribution < 1.29 is 9.53 Å². The Labute approximate surface area is 89.2 Å². The predicted molar refractivity (Wildman–Crippen MR) is 59.9 cm³/mol. The monoisotopic (exact) mass is 208 g/mol. The number of rotatable bonds is 4. The molecule has 1 aromatic carbocycles. The first-order chi connectivity index (χ1) is 7.06. The van der Waals surface area contributed by atoms with Crippen LogP contribution >= 0.6 is 0 Å². The molecule has 0 aliphatic rings. The van der Waals surface area contributed by atoms with Gasteiger partial charge in [0.2, 0.25) is 0 Å². The zero-order valence-corrected chi connectivity index (χ0v) is 9.04. The van der Waals surface area contributed by atoms with E-state index in [1.807, 2.05) is 13.8 Å². The summed E-state index contributed by atoms with van der Waals surface area (Å²) in [6.07, 6.45) is 0.877. The molecule has 0 saturated carbocycles. The van der Waals surface area contributed by atoms with E-state index >= 15 is 0 Å². The summed E-state index contributed by atoms with van der Waals surface area (Å²) in [5.74, 6) is -0.0103. The van der Waals surface area contributed by atoms with Gasteiger partial charge >= 0.3 is 0 Å². The molecule has 1 amide bonds. The van der Waals surface area contributed by atoms with Crippen molar-refractivity contribution >= 4 is 11.6 Å². The number of primary amides is 1. The van der Waals surface area contributed by atoms with Crippen LogP contribution in [0.4, 0.5) is 5.69 Å². The highest BCUT2D eigenvalue weighted by atomic mass is 16.5. The molecular formula is C11H16N2O2. The van der Waals surface area contributed by atoms with Crippen molar-refractivity contribution in [1.29, 1.82) is 0 Å². The first-order valence-electron chi connectivity index (χ1n) is 4.89. The van der Waals surface area contributed by atoms with Gasteiger partial charge < -0.3 is 16.2 Å². The lowest BCUT2D eigenvalue weighted by atomic mass is 10.1. The van der Waals surface area contributed by atoms with Crippen molar-refractivity contribution in [2.45, 2.75) is 20.3 Å². The van der Waals surface area contributed by atoms with Crippen LogP contribution in [0.1, 0.15) is 29.3 Å². The minimum atomic E-state index is -0.521. The van der Waals surface area contributed by atoms with Crippen LogP contribution in [-0.4, -0.2) is 12.5 Å². The number of anilines is 1. The number of benzene rings is 1. The second-order valence-electron chi connectivity index (χ2n) is 3.42. The van der Waals surface area contributed by atoms with Crippen LogP contribution in [0.3, 0.4) is 0 Å². The minimum Gasteiger partial charge on any atom is -0.493 e. The molecule has 0 aromatic heterocycles. The number of hydrogen-bond donors (Lipinski definition) is 2. The van der Waals surface area contributed by atoms with E-state index in [1.54, 1.807) is 12.1 Å². The molecule has 1 rings (SSSR count). The largest absolute Gasteiger partial charge is 0.493 e. The van der Waals surface area contributed by atoms with E-state index in [0.29, 0.717) is 23.6 Å². The van der Waals surface area contributed by atoms with Crippen molar-refractivity contribution in [3.63, 3.8) is 0 Å². The van der Waals surface area contributed by atoms with Gasteiger partial charge in [-0.05, 0) is 31.0 Å². The van der Waals surface area contributed by atoms with Gasteiger partial charge in [0.15, 0.2) is 0 Å². The summed E-state index contributed by atoms with van der Waals surface area (Å²) in [5, 5.41) is 0. The Balaban J connectivity index is 3.10. The summed E-state index contributed by atoms with van der Waals surface area (Å²) in [7, 11) is 0. The SMILES string of the molecule is CCCOc1cc(C)c(N)cc1C(N)=O. The highest BCUT2D eigenvalue weighted by molar-refractivity contribution is 5.96. The van der Waals surface area contributed by atoms with E-state index in [-0.39, 0.29) is 0 Å². The van der Waals surface area contributed by atoms with E-state index in [9.17, 15) is 4.79 Å². The summed E-state index contributed by atoms with van der Waals surface area (Å²) >= 11 is 0. The number of ether oxygens (including phenoxy) is 1. The average molecular weight is 208 g/mol. The molecule has 0 atom stereocenters. The number of nitrogen functional groups attached to an aromatic ring is 1. The number of hydrogen-bond acceptors (Lipinski definition) is 3. The molecule has 4 N–H and O–H groups in total. The van der Waals surface area contributed by atoms with Gasteiger partial charge in [0.05, 0.1) is 12.2 Å². The standard InChI is InChI=1S/C11H16N2O2/c1-3-4-15-10-5-7(2)9(12)6-8(10)11(13)14/h5-6H,3-4,12H2,1-2H3,(H2,13,14). The third kappa shape index (κ3) is 2.62. The fourth-order valence-corrected chi connectivity index (χ4v) is 1.22. The lowest BCUT2D eigenvalue weighted by Gasteiger charge is -2.11. The number of carbonyl (C=O) groups excluding carboxylic acids is 1. The molecule has 15 heavy (non-hydrogen) atoms. The first kappa shape index (κ1) is 11.4. The van der Waals surface area contributed by atoms with E-state index < -0.39 is 5.91 Å². The van der Waals surface area contributed by atoms with Gasteiger partial charge in [0.1, 0.15) is 5.75 Å². The molecule has 4 heteroatoms. The van der Waals surface area contributed by atoms with E-state index in [0.717, 1.165) is 12.0 Å². The fraction of sp³-hybridized carbons (Fsp3) is 0.364. The van der Waals surface area contributed by atoms with Crippen molar-refractivity contribution in [1.82, 2.24) is 0 Å². The van der Waals surface area contributed by atoms with Gasteiger partial charge in [-0.1, -0.05) is 6.92 Å². The Bertz CT molecular complexity index is 375. The number of amides is 1. The van der Waals surface area contributed by atoms with Gasteiger partial charge in [-0.3, -0.25) is 4.79 Å². The molecule has 0 spiro atoms. The summed E-state index contributed by atoms with van der Waals surface area (Å²) in [5.41, 5.74) is 12.7. The summed E-state index contributed by atoms with van der Waals surface area (Å²) in [4.78, 5) is 11.1. The Morgan fingerprint density at radius 1 is 1.47 bits per heavy atom. The van der Waals surface area contributed by atoms with Crippen LogP contribution in [0.15, 0.2) is 12.1 Å². The topological polar surface area (TPSA) is 78.3 Å². The Morgan fingerprint density at radius 2 is 2.13 bits per heavy atom. The van der Waals surface area contributed by atoms with Crippen LogP contribution in [0.5, 0.6) is 5.75 Å². The van der Waals surface area contributed by atoms with E-state index in [4.69, 9.17) is 16.2 Å². The Morgan fingerprint density at radius 3 is 2.67 bits per heavy atom. The summed E-state index contributed by atoms with van der Waals surface area (Å²) in [6, 6.07) is 3.30. The maximum absolute atomic E-state index is 11.1. The van der Waals surface area contributed by atoms with E-state index in [2.05, 4.69) is 0 Å². The van der Waals surface area contributed by atoms with Gasteiger partial charge in [-0.2, -0.15) is 0 Å². The summed E-state index contributed by atoms with van der Waals surface area (Å²) in [6.45, 7) is 4.41. The van der Waals surface area contributed by atoms with Crippen LogP contribution in [0.2, 0.25) is 0 Å². The molecule has 0 heterocycles. The third-order valence-corrected chi connectivity index (χ3v) is 2.10. The maximum atomic E-state index is 11.1. The van der Waals surface area contributed by atoms with Crippen molar-refractivity contribution in [3.05, 3.63) is 23.3 Å². The quantitative estimate of drug-likeness (QED) is 0.735. The van der Waals surface area contributed by atoms with E-state index in [1.165, 1.54) is 0 Å². The lowest BCUT2D eigenvalue weighted by Crippen LogP contribution is -2.14. The molecule has 0 bridgehead atoms. The first-order valence-corrected chi connectivity index (χ1v) is 4.89. The van der Waals surface area contributed by atoms with Crippen LogP contribution < -0.4 is 16.2 Å². The molecule has 1 aromatic rings. The highest BCUT2D eigenvalue weighted by Crippen LogP contribution is 2.24. The minimum absolute atomic E-state index is 0.339. The van der Waals surface area contributed by atoms with Crippen LogP contribution in [0.25, 0.3) is 0 Å². The molecule has 4 nitrogen and oxygen atoms in total. The van der Waals surface area contributed by atoms with Gasteiger partial charge in [-0.25, -0.2) is 0 Å². The molecule has 0 radical (unpaired) electrons. The van der Waals surface area contributed by atoms with Gasteiger partial charge in [0, 0.05) is 5.69 Å². The van der Waals surface area contributed by atoms with Crippen LogP contribution in [-0.2, 0) is 0 Å². The highest BCUT2D eigenvalue weighted by Gasteiger charge is 2.11. The Kier molecular flexibility index (Phi) is 3.55. The Hall–Kier alpha value is -1.71. The average Bonchev–Trinajstić information content (AvgIpc) is 2.19. The molecular weight excluding hydrogens is 192 g/mol. The number of nitrogens with two attached hydrogens (primary N) is 2. The molecule has 0 aliphatic heterocycles. The van der Waals surface area contributed by atoms with Gasteiger partial charge in [0.25, 0.3) is 5.91 Å². The zero-order chi connectivity index (χ0) is 11.4. The van der Waals surface area contributed by atoms with Gasteiger partial charge in [-0.15, -0.1) is 0 Å². The summed E-state index contributed by atoms with van der Waals surface area (Å²) < 4.78 is 5.43. The second kappa shape index (κ2) is 4.68. The molecule has 0 fully saturated rings. The smallest absolute Gasteiger partial charge is 0.252 e. The fourth-order valence-electron chi connectivity index (χ4n) is 1.22. The van der Waals surface area contributed by atoms with Crippen LogP contribution in [0, 0.1) is 6.92 Å². The molecule has 0 aliphatic carbocycles. The van der Waals surface area contributed by atoms with Crippen molar-refractivity contribution in [3.8, 4) is 5.75 Å². The normalized spacial score (nSPS) is 10.0. The van der Waals surface area contributed by atoms with Crippen molar-refractivity contribution in [2.24, 2.45) is 5.73 Å².